The Kier molecular flexibility index (Phi) is 6.14. The van der Waals surface area contributed by atoms with E-state index in [1.54, 1.807) is 12.1 Å². The van der Waals surface area contributed by atoms with E-state index in [1.165, 1.54) is 14.2 Å². The van der Waals surface area contributed by atoms with Gasteiger partial charge in [0.2, 0.25) is 12.5 Å². The van der Waals surface area contributed by atoms with Gasteiger partial charge in [-0.25, -0.2) is 4.79 Å². The first-order chi connectivity index (χ1) is 17.0. The molecule has 35 heavy (non-hydrogen) atoms. The molecule has 2 heterocycles. The van der Waals surface area contributed by atoms with Gasteiger partial charge >= 0.3 is 12.0 Å². The normalized spacial score (nSPS) is 23.7. The van der Waals surface area contributed by atoms with Gasteiger partial charge in [-0.05, 0) is 41.0 Å². The highest BCUT2D eigenvalue weighted by molar-refractivity contribution is 6.18. The van der Waals surface area contributed by atoms with E-state index in [0.29, 0.717) is 23.6 Å². The number of esters is 1. The summed E-state index contributed by atoms with van der Waals surface area (Å²) in [4.78, 5) is 25.7. The lowest BCUT2D eigenvalue weighted by Crippen LogP contribution is -2.46. The quantitative estimate of drug-likeness (QED) is 0.405. The Morgan fingerprint density at radius 2 is 1.74 bits per heavy atom. The summed E-state index contributed by atoms with van der Waals surface area (Å²) in [6.07, 6.45) is 0. The average Bonchev–Trinajstić information content (AvgIpc) is 3.48. The molecule has 11 heteroatoms. The molecule has 2 amide bonds. The van der Waals surface area contributed by atoms with Gasteiger partial charge in [0.05, 0.1) is 32.8 Å². The molecule has 3 N–H and O–H groups in total. The minimum absolute atomic E-state index is 0.0763. The van der Waals surface area contributed by atoms with Crippen molar-refractivity contribution < 1.29 is 38.4 Å². The fraction of sp³-hybridized carbons (Fsp3) is 0.417. The summed E-state index contributed by atoms with van der Waals surface area (Å²) < 4.78 is 27.5. The molecule has 186 valence electrons. The van der Waals surface area contributed by atoms with E-state index in [-0.39, 0.29) is 48.4 Å². The van der Waals surface area contributed by atoms with E-state index < -0.39 is 23.9 Å². The molecule has 1 fully saturated rings. The number of amides is 2. The minimum atomic E-state index is -0.611. The third-order valence-electron chi connectivity index (χ3n) is 6.71. The van der Waals surface area contributed by atoms with Crippen LogP contribution in [0.4, 0.5) is 4.79 Å². The SMILES string of the molecule is COc1cc(C2c3cc4c(cc3C(NC(=O)NCCCl)C3COC(=O)C23)OCO4)cc(OC)c1O. The average molecular weight is 505 g/mol. The lowest BCUT2D eigenvalue weighted by atomic mass is 9.65. The molecule has 5 rings (SSSR count). The molecule has 2 aromatic carbocycles. The number of cyclic esters (lactones) is 1. The van der Waals surface area contributed by atoms with Crippen molar-refractivity contribution in [2.75, 3.05) is 40.0 Å². The lowest BCUT2D eigenvalue weighted by molar-refractivity contribution is -0.141. The summed E-state index contributed by atoms with van der Waals surface area (Å²) in [6, 6.07) is 6.11. The number of ether oxygens (including phenoxy) is 5. The predicted molar refractivity (Wildman–Crippen MR) is 124 cm³/mol. The van der Waals surface area contributed by atoms with Crippen LogP contribution < -0.4 is 29.6 Å². The zero-order valence-electron chi connectivity index (χ0n) is 19.1. The monoisotopic (exact) mass is 504 g/mol. The number of alkyl halides is 1. The maximum Gasteiger partial charge on any atom is 0.315 e. The maximum atomic E-state index is 13.1. The molecule has 4 atom stereocenters. The summed E-state index contributed by atoms with van der Waals surface area (Å²) in [5.74, 6) is -0.158. The van der Waals surface area contributed by atoms with Crippen molar-refractivity contribution in [2.24, 2.45) is 11.8 Å². The number of hydrogen-bond acceptors (Lipinski definition) is 8. The van der Waals surface area contributed by atoms with Crippen molar-refractivity contribution in [1.29, 1.82) is 0 Å². The summed E-state index contributed by atoms with van der Waals surface area (Å²) in [5, 5.41) is 16.1. The second kappa shape index (κ2) is 9.26. The van der Waals surface area contributed by atoms with E-state index >= 15 is 0 Å². The van der Waals surface area contributed by atoms with Crippen LogP contribution in [-0.4, -0.2) is 57.2 Å². The molecular formula is C24H25ClN2O8. The van der Waals surface area contributed by atoms with Crippen LogP contribution in [0.25, 0.3) is 0 Å². The summed E-state index contributed by atoms with van der Waals surface area (Å²) in [6.45, 7) is 0.515. The van der Waals surface area contributed by atoms with Gasteiger partial charge in [-0.2, -0.15) is 0 Å². The lowest BCUT2D eigenvalue weighted by Gasteiger charge is -2.39. The van der Waals surface area contributed by atoms with Crippen LogP contribution >= 0.6 is 11.6 Å². The standard InChI is InChI=1S/C24H25ClN2O8/c1-31-17-5-11(6-18(32-2)22(17)28)19-12-7-15-16(35-10-34-15)8-13(12)21(27-24(30)26-4-3-25)14-9-33-23(29)20(14)19/h5-8,14,19-21,28H,3-4,9-10H2,1-2H3,(H2,26,27,30). The minimum Gasteiger partial charge on any atom is -0.502 e. The number of phenolic OH excluding ortho intramolecular Hbond substituents is 1. The second-order valence-electron chi connectivity index (χ2n) is 8.47. The zero-order chi connectivity index (χ0) is 24.7. The molecule has 2 aliphatic heterocycles. The highest BCUT2D eigenvalue weighted by Gasteiger charge is 2.53. The number of aromatic hydroxyl groups is 1. The van der Waals surface area contributed by atoms with Gasteiger partial charge in [-0.15, -0.1) is 11.6 Å². The fourth-order valence-electron chi connectivity index (χ4n) is 5.19. The Labute approximate surface area is 206 Å². The number of methoxy groups -OCH3 is 2. The third kappa shape index (κ3) is 3.91. The number of carbonyl (C=O) groups excluding carboxylic acids is 2. The number of carbonyl (C=O) groups is 2. The topological polar surface area (TPSA) is 125 Å². The van der Waals surface area contributed by atoms with Gasteiger partial charge in [0, 0.05) is 24.3 Å². The molecule has 0 saturated carbocycles. The Balaban J connectivity index is 1.68. The van der Waals surface area contributed by atoms with Crippen LogP contribution in [0.3, 0.4) is 0 Å². The molecule has 0 spiro atoms. The molecule has 1 saturated heterocycles. The van der Waals surface area contributed by atoms with Crippen LogP contribution in [0, 0.1) is 11.8 Å². The number of fused-ring (bicyclic) bond motifs is 3. The molecule has 3 aliphatic rings. The molecule has 0 radical (unpaired) electrons. The Morgan fingerprint density at radius 1 is 1.09 bits per heavy atom. The molecular weight excluding hydrogens is 480 g/mol. The number of hydrogen-bond donors (Lipinski definition) is 3. The molecule has 4 unspecified atom stereocenters. The van der Waals surface area contributed by atoms with E-state index in [0.717, 1.165) is 11.1 Å². The molecule has 2 aromatic rings. The van der Waals surface area contributed by atoms with Crippen LogP contribution in [0.15, 0.2) is 24.3 Å². The van der Waals surface area contributed by atoms with Gasteiger partial charge in [0.1, 0.15) is 0 Å². The summed E-state index contributed by atoms with van der Waals surface area (Å²) in [7, 11) is 2.88. The largest absolute Gasteiger partial charge is 0.502 e. The first-order valence-electron chi connectivity index (χ1n) is 11.1. The number of halogens is 1. The second-order valence-corrected chi connectivity index (χ2v) is 8.85. The number of rotatable bonds is 6. The molecule has 1 aliphatic carbocycles. The van der Waals surface area contributed by atoms with E-state index in [9.17, 15) is 14.7 Å². The zero-order valence-corrected chi connectivity index (χ0v) is 19.9. The predicted octanol–water partition coefficient (Wildman–Crippen LogP) is 2.65. The Hall–Kier alpha value is -3.53. The molecule has 0 aromatic heterocycles. The van der Waals surface area contributed by atoms with Crippen LogP contribution in [-0.2, 0) is 9.53 Å². The van der Waals surface area contributed by atoms with Crippen molar-refractivity contribution >= 4 is 23.6 Å². The van der Waals surface area contributed by atoms with Gasteiger partial charge in [0.25, 0.3) is 0 Å². The highest BCUT2D eigenvalue weighted by Crippen LogP contribution is 2.55. The van der Waals surface area contributed by atoms with Crippen LogP contribution in [0.1, 0.15) is 28.7 Å². The van der Waals surface area contributed by atoms with Crippen molar-refractivity contribution in [2.45, 2.75) is 12.0 Å². The first kappa shape index (κ1) is 23.2. The van der Waals surface area contributed by atoms with E-state index in [2.05, 4.69) is 10.6 Å². The third-order valence-corrected chi connectivity index (χ3v) is 6.90. The van der Waals surface area contributed by atoms with Crippen molar-refractivity contribution in [3.8, 4) is 28.7 Å². The summed E-state index contributed by atoms with van der Waals surface area (Å²) >= 11 is 5.71. The van der Waals surface area contributed by atoms with Gasteiger partial charge < -0.3 is 39.4 Å². The number of benzene rings is 2. The van der Waals surface area contributed by atoms with Crippen LogP contribution in [0.5, 0.6) is 28.7 Å². The Morgan fingerprint density at radius 3 is 2.37 bits per heavy atom. The van der Waals surface area contributed by atoms with Gasteiger partial charge in [-0.3, -0.25) is 4.79 Å². The maximum absolute atomic E-state index is 13.1. The Bertz CT molecular complexity index is 1150. The fourth-order valence-corrected chi connectivity index (χ4v) is 5.29. The van der Waals surface area contributed by atoms with E-state index in [4.69, 9.17) is 35.3 Å². The van der Waals surface area contributed by atoms with Gasteiger partial charge in [0.15, 0.2) is 23.0 Å². The van der Waals surface area contributed by atoms with Crippen LogP contribution in [0.2, 0.25) is 0 Å². The first-order valence-corrected chi connectivity index (χ1v) is 11.7. The smallest absolute Gasteiger partial charge is 0.315 e. The summed E-state index contributed by atoms with van der Waals surface area (Å²) in [5.41, 5.74) is 2.24. The van der Waals surface area contributed by atoms with E-state index in [1.807, 2.05) is 12.1 Å². The number of nitrogens with one attached hydrogen (secondary N) is 2. The molecule has 10 nitrogen and oxygen atoms in total. The van der Waals surface area contributed by atoms with Crippen molar-refractivity contribution in [1.82, 2.24) is 10.6 Å². The van der Waals surface area contributed by atoms with Gasteiger partial charge in [-0.1, -0.05) is 0 Å². The van der Waals surface area contributed by atoms with Crippen molar-refractivity contribution in [3.05, 3.63) is 41.0 Å². The number of urea groups is 1. The number of phenols is 1. The molecule has 0 bridgehead atoms. The highest BCUT2D eigenvalue weighted by atomic mass is 35.5. The van der Waals surface area contributed by atoms with Crippen molar-refractivity contribution in [3.63, 3.8) is 0 Å².